The Morgan fingerprint density at radius 1 is 1.44 bits per heavy atom. The molecular formula is C13H14ClN3S. The Kier molecular flexibility index (Phi) is 3.22. The smallest absolute Gasteiger partial charge is 0.137 e. The number of nitrogens with zero attached hydrogens (tertiary/aromatic N) is 3. The molecule has 2 aromatic heterocycles. The average molecular weight is 280 g/mol. The SMILES string of the molecule is CCc1c(Cl)ncnc1N1CCc2sccc2C1. The van der Waals surface area contributed by atoms with Crippen molar-refractivity contribution in [2.24, 2.45) is 0 Å². The summed E-state index contributed by atoms with van der Waals surface area (Å²) in [5.41, 5.74) is 2.47. The van der Waals surface area contributed by atoms with Gasteiger partial charge in [-0.15, -0.1) is 11.3 Å². The molecule has 0 radical (unpaired) electrons. The van der Waals surface area contributed by atoms with Gasteiger partial charge in [0.05, 0.1) is 0 Å². The lowest BCUT2D eigenvalue weighted by molar-refractivity contribution is 0.724. The van der Waals surface area contributed by atoms with Gasteiger partial charge in [-0.1, -0.05) is 18.5 Å². The molecule has 0 saturated heterocycles. The minimum Gasteiger partial charge on any atom is -0.352 e. The van der Waals surface area contributed by atoms with Crippen LogP contribution in [0.1, 0.15) is 22.9 Å². The summed E-state index contributed by atoms with van der Waals surface area (Å²) in [4.78, 5) is 12.3. The fourth-order valence-corrected chi connectivity index (χ4v) is 3.54. The number of hydrogen-bond donors (Lipinski definition) is 0. The average Bonchev–Trinajstić information content (AvgIpc) is 2.85. The number of fused-ring (bicyclic) bond motifs is 1. The van der Waals surface area contributed by atoms with E-state index in [4.69, 9.17) is 11.6 Å². The van der Waals surface area contributed by atoms with Crippen LogP contribution < -0.4 is 4.90 Å². The van der Waals surface area contributed by atoms with Gasteiger partial charge in [0.15, 0.2) is 0 Å². The molecule has 0 unspecified atom stereocenters. The van der Waals surface area contributed by atoms with Crippen molar-refractivity contribution >= 4 is 28.8 Å². The molecule has 2 aromatic rings. The maximum Gasteiger partial charge on any atom is 0.137 e. The van der Waals surface area contributed by atoms with Crippen molar-refractivity contribution in [3.05, 3.63) is 38.9 Å². The van der Waals surface area contributed by atoms with Crippen LogP contribution in [0.4, 0.5) is 5.82 Å². The van der Waals surface area contributed by atoms with Gasteiger partial charge in [0.25, 0.3) is 0 Å². The number of thiophene rings is 1. The number of aromatic nitrogens is 2. The van der Waals surface area contributed by atoms with Crippen molar-refractivity contribution in [3.8, 4) is 0 Å². The van der Waals surface area contributed by atoms with Gasteiger partial charge in [0.2, 0.25) is 0 Å². The lowest BCUT2D eigenvalue weighted by Crippen LogP contribution is -2.31. The van der Waals surface area contributed by atoms with E-state index in [9.17, 15) is 0 Å². The van der Waals surface area contributed by atoms with E-state index < -0.39 is 0 Å². The van der Waals surface area contributed by atoms with Crippen molar-refractivity contribution in [3.63, 3.8) is 0 Å². The number of halogens is 1. The topological polar surface area (TPSA) is 29.0 Å². The molecule has 5 heteroatoms. The van der Waals surface area contributed by atoms with Crippen molar-refractivity contribution < 1.29 is 0 Å². The zero-order valence-corrected chi connectivity index (χ0v) is 11.8. The summed E-state index contributed by atoms with van der Waals surface area (Å²) in [7, 11) is 0. The quantitative estimate of drug-likeness (QED) is 0.790. The highest BCUT2D eigenvalue weighted by Crippen LogP contribution is 2.30. The second kappa shape index (κ2) is 4.86. The number of hydrogen-bond acceptors (Lipinski definition) is 4. The summed E-state index contributed by atoms with van der Waals surface area (Å²) in [6, 6.07) is 2.21. The molecular weight excluding hydrogens is 266 g/mol. The molecule has 0 saturated carbocycles. The molecule has 94 valence electrons. The molecule has 0 N–H and O–H groups in total. The van der Waals surface area contributed by atoms with Crippen LogP contribution in [0.5, 0.6) is 0 Å². The van der Waals surface area contributed by atoms with Crippen LogP contribution in [0.15, 0.2) is 17.8 Å². The predicted molar refractivity (Wildman–Crippen MR) is 75.5 cm³/mol. The Labute approximate surface area is 115 Å². The summed E-state index contributed by atoms with van der Waals surface area (Å²) in [6.45, 7) is 4.03. The Morgan fingerprint density at radius 3 is 3.17 bits per heavy atom. The zero-order valence-electron chi connectivity index (χ0n) is 10.2. The maximum absolute atomic E-state index is 6.15. The fourth-order valence-electron chi connectivity index (χ4n) is 2.39. The summed E-state index contributed by atoms with van der Waals surface area (Å²) >= 11 is 8.00. The van der Waals surface area contributed by atoms with E-state index in [1.54, 1.807) is 6.33 Å². The Morgan fingerprint density at radius 2 is 2.33 bits per heavy atom. The van der Waals surface area contributed by atoms with Gasteiger partial charge in [-0.3, -0.25) is 0 Å². The van der Waals surface area contributed by atoms with Gasteiger partial charge in [0.1, 0.15) is 17.3 Å². The molecule has 3 heterocycles. The van der Waals surface area contributed by atoms with E-state index in [0.717, 1.165) is 37.3 Å². The Balaban J connectivity index is 1.95. The maximum atomic E-state index is 6.15. The van der Waals surface area contributed by atoms with Crippen molar-refractivity contribution in [2.45, 2.75) is 26.3 Å². The van der Waals surface area contributed by atoms with Gasteiger partial charge < -0.3 is 4.90 Å². The van der Waals surface area contributed by atoms with E-state index in [1.165, 1.54) is 10.4 Å². The van der Waals surface area contributed by atoms with Crippen LogP contribution in [0.3, 0.4) is 0 Å². The van der Waals surface area contributed by atoms with Crippen LogP contribution in [0, 0.1) is 0 Å². The Hall–Kier alpha value is -1.13. The molecule has 18 heavy (non-hydrogen) atoms. The highest BCUT2D eigenvalue weighted by molar-refractivity contribution is 7.10. The van der Waals surface area contributed by atoms with Crippen LogP contribution >= 0.6 is 22.9 Å². The van der Waals surface area contributed by atoms with Gasteiger partial charge in [-0.25, -0.2) is 9.97 Å². The van der Waals surface area contributed by atoms with E-state index in [0.29, 0.717) is 5.15 Å². The summed E-state index contributed by atoms with van der Waals surface area (Å²) in [6.07, 6.45) is 3.51. The van der Waals surface area contributed by atoms with Crippen molar-refractivity contribution in [2.75, 3.05) is 11.4 Å². The van der Waals surface area contributed by atoms with Gasteiger partial charge in [-0.05, 0) is 29.9 Å². The summed E-state index contributed by atoms with van der Waals surface area (Å²) in [5.74, 6) is 0.995. The highest BCUT2D eigenvalue weighted by Gasteiger charge is 2.21. The molecule has 1 aliphatic rings. The highest BCUT2D eigenvalue weighted by atomic mass is 35.5. The van der Waals surface area contributed by atoms with Crippen LogP contribution in [0.2, 0.25) is 5.15 Å². The first-order chi connectivity index (χ1) is 8.79. The summed E-state index contributed by atoms with van der Waals surface area (Å²) in [5, 5.41) is 2.75. The third-order valence-electron chi connectivity index (χ3n) is 3.33. The molecule has 0 aromatic carbocycles. The lowest BCUT2D eigenvalue weighted by Gasteiger charge is -2.29. The molecule has 0 spiro atoms. The largest absolute Gasteiger partial charge is 0.352 e. The lowest BCUT2D eigenvalue weighted by atomic mass is 10.1. The number of anilines is 1. The zero-order chi connectivity index (χ0) is 12.5. The molecule has 0 bridgehead atoms. The van der Waals surface area contributed by atoms with E-state index in [2.05, 4.69) is 33.2 Å². The molecule has 3 nitrogen and oxygen atoms in total. The van der Waals surface area contributed by atoms with E-state index in [-0.39, 0.29) is 0 Å². The van der Waals surface area contributed by atoms with E-state index >= 15 is 0 Å². The Bertz CT molecular complexity index is 567. The molecule has 0 amide bonds. The van der Waals surface area contributed by atoms with E-state index in [1.807, 2.05) is 11.3 Å². The second-order valence-electron chi connectivity index (χ2n) is 4.36. The standard InChI is InChI=1S/C13H14ClN3S/c1-2-10-12(14)15-8-16-13(10)17-5-3-11-9(7-17)4-6-18-11/h4,6,8H,2-3,5,7H2,1H3. The van der Waals surface area contributed by atoms with Crippen molar-refractivity contribution in [1.82, 2.24) is 9.97 Å². The van der Waals surface area contributed by atoms with Gasteiger partial charge in [-0.2, -0.15) is 0 Å². The predicted octanol–water partition coefficient (Wildman–Crippen LogP) is 3.32. The first-order valence-corrected chi connectivity index (χ1v) is 7.35. The molecule has 0 fully saturated rings. The normalized spacial score (nSPS) is 14.7. The minimum absolute atomic E-state index is 0.582. The molecule has 1 aliphatic heterocycles. The van der Waals surface area contributed by atoms with Crippen LogP contribution in [-0.4, -0.2) is 16.5 Å². The second-order valence-corrected chi connectivity index (χ2v) is 5.72. The first-order valence-electron chi connectivity index (χ1n) is 6.09. The molecule has 3 rings (SSSR count). The van der Waals surface area contributed by atoms with Crippen LogP contribution in [-0.2, 0) is 19.4 Å². The minimum atomic E-state index is 0.582. The van der Waals surface area contributed by atoms with Gasteiger partial charge in [0, 0.05) is 23.5 Å². The molecule has 0 aliphatic carbocycles. The monoisotopic (exact) mass is 279 g/mol. The third kappa shape index (κ3) is 1.99. The summed E-state index contributed by atoms with van der Waals surface area (Å²) < 4.78 is 0. The van der Waals surface area contributed by atoms with Gasteiger partial charge >= 0.3 is 0 Å². The first kappa shape index (κ1) is 11.9. The number of rotatable bonds is 2. The van der Waals surface area contributed by atoms with Crippen LogP contribution in [0.25, 0.3) is 0 Å². The fraction of sp³-hybridized carbons (Fsp3) is 0.385. The molecule has 0 atom stereocenters. The van der Waals surface area contributed by atoms with Crippen molar-refractivity contribution in [1.29, 1.82) is 0 Å². The third-order valence-corrected chi connectivity index (χ3v) is 4.68.